The van der Waals surface area contributed by atoms with E-state index in [1.165, 1.54) is 0 Å². The van der Waals surface area contributed by atoms with Crippen molar-refractivity contribution in [2.75, 3.05) is 10.6 Å². The largest absolute Gasteiger partial charge is 0.326 e. The van der Waals surface area contributed by atoms with Crippen LogP contribution in [-0.4, -0.2) is 11.8 Å². The first-order valence-electron chi connectivity index (χ1n) is 6.97. The van der Waals surface area contributed by atoms with E-state index in [1.54, 1.807) is 31.2 Å². The molecule has 2 aromatic rings. The summed E-state index contributed by atoms with van der Waals surface area (Å²) in [5.74, 6) is -0.186. The fraction of sp³-hybridized carbons (Fsp3) is 0.176. The maximum absolute atomic E-state index is 12.2. The number of rotatable bonds is 4. The molecule has 0 aliphatic rings. The molecule has 0 aliphatic heterocycles. The van der Waals surface area contributed by atoms with E-state index in [2.05, 4.69) is 33.2 Å². The molecule has 0 atom stereocenters. The Morgan fingerprint density at radius 2 is 1.59 bits per heavy atom. The average molecular weight is 408 g/mol. The molecule has 0 saturated heterocycles. The fourth-order valence-corrected chi connectivity index (χ4v) is 2.34. The molecule has 0 aliphatic carbocycles. The Kier molecular flexibility index (Phi) is 5.54. The summed E-state index contributed by atoms with van der Waals surface area (Å²) in [6.07, 6.45) is 0.435. The molecule has 0 fully saturated rings. The average Bonchev–Trinajstić information content (AvgIpc) is 2.51. The topological polar surface area (TPSA) is 58.2 Å². The van der Waals surface area contributed by atoms with E-state index in [0.717, 1.165) is 14.8 Å². The second-order valence-electron chi connectivity index (χ2n) is 4.90. The highest BCUT2D eigenvalue weighted by atomic mass is 127. The Balaban J connectivity index is 2.05. The molecule has 2 rings (SSSR count). The molecule has 22 heavy (non-hydrogen) atoms. The van der Waals surface area contributed by atoms with Crippen LogP contribution in [0.2, 0.25) is 0 Å². The predicted octanol–water partition coefficient (Wildman–Crippen LogP) is 4.20. The molecule has 2 amide bonds. The first-order valence-corrected chi connectivity index (χ1v) is 8.05. The summed E-state index contributed by atoms with van der Waals surface area (Å²) < 4.78 is 1.06. The Morgan fingerprint density at radius 1 is 1.00 bits per heavy atom. The number of anilines is 2. The summed E-state index contributed by atoms with van der Waals surface area (Å²) in [6, 6.07) is 12.7. The van der Waals surface area contributed by atoms with Crippen molar-refractivity contribution in [2.24, 2.45) is 0 Å². The van der Waals surface area contributed by atoms with Crippen molar-refractivity contribution in [1.82, 2.24) is 0 Å². The molecule has 0 heterocycles. The van der Waals surface area contributed by atoms with Crippen LogP contribution in [0.15, 0.2) is 42.5 Å². The minimum atomic E-state index is -0.150. The third-order valence-electron chi connectivity index (χ3n) is 3.18. The Morgan fingerprint density at radius 3 is 2.14 bits per heavy atom. The number of halogens is 1. The Labute approximate surface area is 143 Å². The number of amides is 2. The quantitative estimate of drug-likeness (QED) is 0.746. The summed E-state index contributed by atoms with van der Waals surface area (Å²) in [4.78, 5) is 23.5. The van der Waals surface area contributed by atoms with Crippen LogP contribution in [0.3, 0.4) is 0 Å². The molecular formula is C17H17IN2O2. The van der Waals surface area contributed by atoms with Gasteiger partial charge in [-0.3, -0.25) is 9.59 Å². The van der Waals surface area contributed by atoms with Gasteiger partial charge in [-0.2, -0.15) is 0 Å². The number of nitrogens with one attached hydrogen (secondary N) is 2. The first-order chi connectivity index (χ1) is 10.5. The molecule has 0 saturated carbocycles. The van der Waals surface area contributed by atoms with Gasteiger partial charge in [-0.05, 0) is 71.5 Å². The third-order valence-corrected chi connectivity index (χ3v) is 4.34. The van der Waals surface area contributed by atoms with Crippen molar-refractivity contribution in [3.63, 3.8) is 0 Å². The second-order valence-corrected chi connectivity index (χ2v) is 6.06. The smallest absolute Gasteiger partial charge is 0.255 e. The maximum Gasteiger partial charge on any atom is 0.255 e. The van der Waals surface area contributed by atoms with Gasteiger partial charge >= 0.3 is 0 Å². The van der Waals surface area contributed by atoms with Gasteiger partial charge in [0.15, 0.2) is 0 Å². The zero-order valence-electron chi connectivity index (χ0n) is 12.4. The van der Waals surface area contributed by atoms with Gasteiger partial charge in [0.05, 0.1) is 0 Å². The monoisotopic (exact) mass is 408 g/mol. The summed E-state index contributed by atoms with van der Waals surface area (Å²) in [5, 5.41) is 5.61. The van der Waals surface area contributed by atoms with E-state index in [0.29, 0.717) is 17.7 Å². The van der Waals surface area contributed by atoms with Gasteiger partial charge in [0.2, 0.25) is 5.91 Å². The molecule has 0 aromatic heterocycles. The van der Waals surface area contributed by atoms with E-state index >= 15 is 0 Å². The summed E-state index contributed by atoms with van der Waals surface area (Å²) in [6.45, 7) is 3.81. The lowest BCUT2D eigenvalue weighted by molar-refractivity contribution is -0.115. The zero-order valence-corrected chi connectivity index (χ0v) is 14.6. The van der Waals surface area contributed by atoms with Crippen LogP contribution in [0.1, 0.15) is 29.3 Å². The SMILES string of the molecule is CCC(=O)Nc1ccc(NC(=O)c2ccc(C)c(I)c2)cc1. The van der Waals surface area contributed by atoms with Gasteiger partial charge in [-0.25, -0.2) is 0 Å². The number of benzene rings is 2. The highest BCUT2D eigenvalue weighted by Gasteiger charge is 2.08. The van der Waals surface area contributed by atoms with E-state index < -0.39 is 0 Å². The standard InChI is InChI=1S/C17H17IN2O2/c1-3-16(21)19-13-6-8-14(9-7-13)20-17(22)12-5-4-11(2)15(18)10-12/h4-10H,3H2,1-2H3,(H,19,21)(H,20,22). The highest BCUT2D eigenvalue weighted by molar-refractivity contribution is 14.1. The lowest BCUT2D eigenvalue weighted by Gasteiger charge is -2.08. The van der Waals surface area contributed by atoms with E-state index in [1.807, 2.05) is 25.1 Å². The van der Waals surface area contributed by atoms with Gasteiger partial charge < -0.3 is 10.6 Å². The van der Waals surface area contributed by atoms with Crippen molar-refractivity contribution in [3.8, 4) is 0 Å². The minimum Gasteiger partial charge on any atom is -0.326 e. The van der Waals surface area contributed by atoms with Crippen LogP contribution >= 0.6 is 22.6 Å². The van der Waals surface area contributed by atoms with E-state index in [-0.39, 0.29) is 11.8 Å². The van der Waals surface area contributed by atoms with Crippen LogP contribution in [0, 0.1) is 10.5 Å². The molecule has 5 heteroatoms. The summed E-state index contributed by atoms with van der Waals surface area (Å²) >= 11 is 2.21. The highest BCUT2D eigenvalue weighted by Crippen LogP contribution is 2.17. The molecule has 4 nitrogen and oxygen atoms in total. The molecular weight excluding hydrogens is 391 g/mol. The predicted molar refractivity (Wildman–Crippen MR) is 97.2 cm³/mol. The molecule has 0 radical (unpaired) electrons. The van der Waals surface area contributed by atoms with Crippen molar-refractivity contribution in [2.45, 2.75) is 20.3 Å². The molecule has 0 spiro atoms. The number of hydrogen-bond donors (Lipinski definition) is 2. The van der Waals surface area contributed by atoms with Gasteiger partial charge in [-0.15, -0.1) is 0 Å². The third kappa shape index (κ3) is 4.30. The fourth-order valence-electron chi connectivity index (χ4n) is 1.82. The molecule has 0 bridgehead atoms. The lowest BCUT2D eigenvalue weighted by Crippen LogP contribution is -2.12. The zero-order chi connectivity index (χ0) is 16.1. The van der Waals surface area contributed by atoms with Gasteiger partial charge in [0.25, 0.3) is 5.91 Å². The summed E-state index contributed by atoms with van der Waals surface area (Å²) in [7, 11) is 0. The molecule has 2 N–H and O–H groups in total. The minimum absolute atomic E-state index is 0.0361. The van der Waals surface area contributed by atoms with Crippen LogP contribution in [0.4, 0.5) is 11.4 Å². The van der Waals surface area contributed by atoms with Crippen molar-refractivity contribution in [3.05, 3.63) is 57.2 Å². The second kappa shape index (κ2) is 7.40. The Bertz CT molecular complexity index is 696. The maximum atomic E-state index is 12.2. The van der Waals surface area contributed by atoms with Crippen molar-refractivity contribution < 1.29 is 9.59 Å². The van der Waals surface area contributed by atoms with E-state index in [9.17, 15) is 9.59 Å². The summed E-state index contributed by atoms with van der Waals surface area (Å²) in [5.41, 5.74) is 3.18. The number of hydrogen-bond acceptors (Lipinski definition) is 2. The lowest BCUT2D eigenvalue weighted by atomic mass is 10.1. The Hall–Kier alpha value is -1.89. The first kappa shape index (κ1) is 16.5. The molecule has 0 unspecified atom stereocenters. The number of aryl methyl sites for hydroxylation is 1. The molecule has 2 aromatic carbocycles. The van der Waals surface area contributed by atoms with E-state index in [4.69, 9.17) is 0 Å². The van der Waals surface area contributed by atoms with Crippen LogP contribution in [0.25, 0.3) is 0 Å². The van der Waals surface area contributed by atoms with Crippen molar-refractivity contribution in [1.29, 1.82) is 0 Å². The normalized spacial score (nSPS) is 10.1. The van der Waals surface area contributed by atoms with Crippen LogP contribution in [-0.2, 0) is 4.79 Å². The van der Waals surface area contributed by atoms with Crippen LogP contribution < -0.4 is 10.6 Å². The number of carbonyl (C=O) groups is 2. The van der Waals surface area contributed by atoms with Crippen molar-refractivity contribution >= 4 is 45.8 Å². The number of carbonyl (C=O) groups excluding carboxylic acids is 2. The molecule has 114 valence electrons. The van der Waals surface area contributed by atoms with Gasteiger partial charge in [0.1, 0.15) is 0 Å². The van der Waals surface area contributed by atoms with Crippen LogP contribution in [0.5, 0.6) is 0 Å². The van der Waals surface area contributed by atoms with Gasteiger partial charge in [0, 0.05) is 26.9 Å². The van der Waals surface area contributed by atoms with Gasteiger partial charge in [-0.1, -0.05) is 13.0 Å².